The van der Waals surface area contributed by atoms with Gasteiger partial charge in [-0.3, -0.25) is 0 Å². The smallest absolute Gasteiger partial charge is 0.000514 e. The predicted molar refractivity (Wildman–Crippen MR) is 68.1 cm³/mol. The van der Waals surface area contributed by atoms with Crippen molar-refractivity contribution in [1.82, 2.24) is 5.32 Å². The predicted octanol–water partition coefficient (Wildman–Crippen LogP) is 3.98. The third kappa shape index (κ3) is 4.55. The van der Waals surface area contributed by atoms with Gasteiger partial charge in [-0.2, -0.15) is 0 Å². The van der Waals surface area contributed by atoms with Crippen molar-refractivity contribution in [3.05, 3.63) is 0 Å². The second-order valence-electron chi connectivity index (χ2n) is 5.70. The van der Waals surface area contributed by atoms with E-state index < -0.39 is 0 Å². The first-order valence-electron chi connectivity index (χ1n) is 6.91. The van der Waals surface area contributed by atoms with Gasteiger partial charge in [-0.15, -0.1) is 0 Å². The monoisotopic (exact) mass is 211 g/mol. The number of hydrogen-bond acceptors (Lipinski definition) is 1. The van der Waals surface area contributed by atoms with E-state index >= 15 is 0 Å². The molecular weight excluding hydrogens is 182 g/mol. The first-order valence-corrected chi connectivity index (χ1v) is 6.91. The molecule has 1 atom stereocenters. The van der Waals surface area contributed by atoms with Gasteiger partial charge in [-0.25, -0.2) is 0 Å². The Morgan fingerprint density at radius 1 is 1.20 bits per heavy atom. The molecule has 1 nitrogen and oxygen atoms in total. The molecule has 0 aromatic carbocycles. The average Bonchev–Trinajstić information content (AvgIpc) is 2.68. The van der Waals surface area contributed by atoms with Gasteiger partial charge in [0.25, 0.3) is 0 Å². The first kappa shape index (κ1) is 13.0. The topological polar surface area (TPSA) is 12.0 Å². The molecule has 0 aromatic rings. The Kier molecular flexibility index (Phi) is 5.66. The molecule has 0 saturated heterocycles. The van der Waals surface area contributed by atoms with E-state index in [0.29, 0.717) is 5.41 Å². The highest BCUT2D eigenvalue weighted by atomic mass is 14.9. The van der Waals surface area contributed by atoms with Crippen LogP contribution < -0.4 is 5.32 Å². The van der Waals surface area contributed by atoms with E-state index in [4.69, 9.17) is 0 Å². The highest BCUT2D eigenvalue weighted by Gasteiger charge is 2.28. The van der Waals surface area contributed by atoms with Crippen molar-refractivity contribution in [3.8, 4) is 0 Å². The summed E-state index contributed by atoms with van der Waals surface area (Å²) in [6.45, 7) is 9.34. The molecule has 0 bridgehead atoms. The molecule has 0 amide bonds. The van der Waals surface area contributed by atoms with Crippen LogP contribution in [-0.4, -0.2) is 13.1 Å². The minimum absolute atomic E-state index is 0.555. The number of rotatable bonds is 7. The van der Waals surface area contributed by atoms with E-state index in [-0.39, 0.29) is 0 Å². The van der Waals surface area contributed by atoms with Gasteiger partial charge in [0.05, 0.1) is 0 Å². The van der Waals surface area contributed by atoms with Crippen molar-refractivity contribution >= 4 is 0 Å². The summed E-state index contributed by atoms with van der Waals surface area (Å²) in [6.07, 6.45) is 10.1. The Bertz CT molecular complexity index is 161. The molecule has 1 rings (SSSR count). The molecule has 1 fully saturated rings. The summed E-state index contributed by atoms with van der Waals surface area (Å²) in [5, 5.41) is 3.55. The molecule has 90 valence electrons. The van der Waals surface area contributed by atoms with E-state index in [9.17, 15) is 0 Å². The van der Waals surface area contributed by atoms with Gasteiger partial charge in [0.15, 0.2) is 0 Å². The van der Waals surface area contributed by atoms with E-state index in [0.717, 1.165) is 12.5 Å². The normalized spacial score (nSPS) is 21.8. The molecule has 0 aromatic heterocycles. The Hall–Kier alpha value is -0.0400. The van der Waals surface area contributed by atoms with Crippen molar-refractivity contribution in [2.45, 2.75) is 65.7 Å². The molecule has 0 heterocycles. The first-order chi connectivity index (χ1) is 7.20. The van der Waals surface area contributed by atoms with Crippen molar-refractivity contribution in [3.63, 3.8) is 0 Å². The summed E-state index contributed by atoms with van der Waals surface area (Å²) in [5.74, 6) is 1.03. The summed E-state index contributed by atoms with van der Waals surface area (Å²) in [7, 11) is 0. The van der Waals surface area contributed by atoms with Crippen LogP contribution in [0.25, 0.3) is 0 Å². The van der Waals surface area contributed by atoms with E-state index in [1.165, 1.54) is 51.5 Å². The fourth-order valence-corrected chi connectivity index (χ4v) is 3.20. The summed E-state index contributed by atoms with van der Waals surface area (Å²) in [5.41, 5.74) is 0.555. The molecular formula is C14H29N. The lowest BCUT2D eigenvalue weighted by Crippen LogP contribution is -2.33. The second kappa shape index (κ2) is 6.52. The lowest BCUT2D eigenvalue weighted by Gasteiger charge is -2.32. The molecule has 1 N–H and O–H groups in total. The van der Waals surface area contributed by atoms with Crippen LogP contribution in [0.1, 0.15) is 65.7 Å². The average molecular weight is 211 g/mol. The zero-order valence-electron chi connectivity index (χ0n) is 10.9. The maximum absolute atomic E-state index is 3.55. The van der Waals surface area contributed by atoms with Crippen molar-refractivity contribution in [1.29, 1.82) is 0 Å². The van der Waals surface area contributed by atoms with Crippen molar-refractivity contribution < 1.29 is 0 Å². The van der Waals surface area contributed by atoms with Crippen molar-refractivity contribution in [2.24, 2.45) is 11.3 Å². The molecule has 0 radical (unpaired) electrons. The van der Waals surface area contributed by atoms with Gasteiger partial charge in [0.2, 0.25) is 0 Å². The minimum Gasteiger partial charge on any atom is -0.316 e. The van der Waals surface area contributed by atoms with Gasteiger partial charge in [0.1, 0.15) is 0 Å². The molecule has 1 aliphatic rings. The maximum atomic E-state index is 3.55. The van der Waals surface area contributed by atoms with Gasteiger partial charge in [-0.05, 0) is 30.7 Å². The molecule has 15 heavy (non-hydrogen) atoms. The summed E-state index contributed by atoms with van der Waals surface area (Å²) >= 11 is 0. The number of hydrogen-bond donors (Lipinski definition) is 1. The van der Waals surface area contributed by atoms with Crippen LogP contribution in [0.15, 0.2) is 0 Å². The molecule has 1 unspecified atom stereocenters. The Balaban J connectivity index is 2.39. The fourth-order valence-electron chi connectivity index (χ4n) is 3.20. The van der Waals surface area contributed by atoms with E-state index in [2.05, 4.69) is 26.1 Å². The lowest BCUT2D eigenvalue weighted by molar-refractivity contribution is 0.212. The van der Waals surface area contributed by atoms with Crippen LogP contribution in [0.2, 0.25) is 0 Å². The molecule has 1 saturated carbocycles. The van der Waals surface area contributed by atoms with Gasteiger partial charge >= 0.3 is 0 Å². The van der Waals surface area contributed by atoms with Gasteiger partial charge in [-0.1, -0.05) is 52.9 Å². The summed E-state index contributed by atoms with van der Waals surface area (Å²) < 4.78 is 0. The van der Waals surface area contributed by atoms with Crippen LogP contribution in [0, 0.1) is 11.3 Å². The minimum atomic E-state index is 0.555. The highest BCUT2D eigenvalue weighted by molar-refractivity contribution is 4.81. The maximum Gasteiger partial charge on any atom is 0.000514 e. The third-order valence-electron chi connectivity index (χ3n) is 3.91. The standard InChI is InChI=1S/C14H29N/c1-4-10-14(3,12-15-5-2)11-13-8-6-7-9-13/h13,15H,4-12H2,1-3H3. The van der Waals surface area contributed by atoms with Gasteiger partial charge in [0, 0.05) is 6.54 Å². The number of nitrogens with one attached hydrogen (secondary N) is 1. The zero-order valence-corrected chi connectivity index (χ0v) is 10.9. The molecule has 1 aliphatic carbocycles. The van der Waals surface area contributed by atoms with Gasteiger partial charge < -0.3 is 5.32 Å². The van der Waals surface area contributed by atoms with Crippen molar-refractivity contribution in [2.75, 3.05) is 13.1 Å². The van der Waals surface area contributed by atoms with Crippen LogP contribution in [0.5, 0.6) is 0 Å². The second-order valence-corrected chi connectivity index (χ2v) is 5.70. The Morgan fingerprint density at radius 3 is 2.40 bits per heavy atom. The quantitative estimate of drug-likeness (QED) is 0.671. The van der Waals surface area contributed by atoms with Crippen LogP contribution in [0.4, 0.5) is 0 Å². The SMILES string of the molecule is CCCC(C)(CNCC)CC1CCCC1. The Morgan fingerprint density at radius 2 is 1.87 bits per heavy atom. The van der Waals surface area contributed by atoms with E-state index in [1.807, 2.05) is 0 Å². The van der Waals surface area contributed by atoms with Crippen LogP contribution in [0.3, 0.4) is 0 Å². The van der Waals surface area contributed by atoms with Crippen LogP contribution in [-0.2, 0) is 0 Å². The lowest BCUT2D eigenvalue weighted by atomic mass is 9.77. The summed E-state index contributed by atoms with van der Waals surface area (Å²) in [4.78, 5) is 0. The molecule has 1 heteroatoms. The van der Waals surface area contributed by atoms with E-state index in [1.54, 1.807) is 0 Å². The zero-order chi connectivity index (χ0) is 11.1. The highest BCUT2D eigenvalue weighted by Crippen LogP contribution is 2.38. The molecule has 0 spiro atoms. The molecule has 0 aliphatic heterocycles. The Labute approximate surface area is 96.0 Å². The largest absolute Gasteiger partial charge is 0.316 e. The summed E-state index contributed by atoms with van der Waals surface area (Å²) in [6, 6.07) is 0. The van der Waals surface area contributed by atoms with Crippen LogP contribution >= 0.6 is 0 Å². The fraction of sp³-hybridized carbons (Fsp3) is 1.00. The third-order valence-corrected chi connectivity index (χ3v) is 3.91.